The number of pyridine rings is 1. The first-order chi connectivity index (χ1) is 16.3. The molecule has 0 spiro atoms. The van der Waals surface area contributed by atoms with Crippen LogP contribution in [0.1, 0.15) is 37.3 Å². The molecule has 12 heteroatoms. The van der Waals surface area contributed by atoms with Crippen molar-refractivity contribution in [2.24, 2.45) is 0 Å². The molecular weight excluding hydrogens is 480 g/mol. The number of piperidine rings is 1. The molecule has 0 aliphatic carbocycles. The molecule has 1 saturated heterocycles. The van der Waals surface area contributed by atoms with E-state index >= 15 is 0 Å². The highest BCUT2D eigenvalue weighted by molar-refractivity contribution is 8.13. The van der Waals surface area contributed by atoms with Crippen molar-refractivity contribution in [3.8, 4) is 0 Å². The molecule has 0 bridgehead atoms. The number of halogens is 1. The fourth-order valence-electron chi connectivity index (χ4n) is 4.17. The van der Waals surface area contributed by atoms with Crippen molar-refractivity contribution in [1.29, 1.82) is 0 Å². The Morgan fingerprint density at radius 3 is 3.00 bits per heavy atom. The van der Waals surface area contributed by atoms with Gasteiger partial charge < -0.3 is 20.2 Å². The third-order valence-electron chi connectivity index (χ3n) is 5.93. The van der Waals surface area contributed by atoms with E-state index in [-0.39, 0.29) is 18.4 Å². The van der Waals surface area contributed by atoms with Gasteiger partial charge in [0.15, 0.2) is 18.0 Å². The summed E-state index contributed by atoms with van der Waals surface area (Å²) in [6.07, 6.45) is 8.65. The molecule has 0 amide bonds. The second-order valence-electron chi connectivity index (χ2n) is 8.34. The first kappa shape index (κ1) is 24.5. The molecule has 3 aromatic rings. The van der Waals surface area contributed by atoms with Gasteiger partial charge in [-0.15, -0.1) is 0 Å². The van der Waals surface area contributed by atoms with E-state index < -0.39 is 9.05 Å². The molecule has 10 nitrogen and oxygen atoms in total. The van der Waals surface area contributed by atoms with Crippen molar-refractivity contribution < 1.29 is 17.9 Å². The minimum atomic E-state index is -3.57. The van der Waals surface area contributed by atoms with E-state index in [1.54, 1.807) is 10.6 Å². The Labute approximate surface area is 203 Å². The number of aryl methyl sites for hydroxylation is 1. The fraction of sp³-hybridized carbons (Fsp3) is 0.500. The topological polar surface area (TPSA) is 116 Å². The zero-order valence-corrected chi connectivity index (χ0v) is 20.6. The van der Waals surface area contributed by atoms with Crippen molar-refractivity contribution in [3.63, 3.8) is 0 Å². The molecule has 1 atom stereocenters. The molecule has 1 N–H and O–H groups in total. The lowest BCUT2D eigenvalue weighted by molar-refractivity contribution is -0.605. The van der Waals surface area contributed by atoms with Crippen LogP contribution in [0.25, 0.3) is 5.65 Å². The summed E-state index contributed by atoms with van der Waals surface area (Å²) in [7, 11) is 1.72. The molecule has 1 aliphatic heterocycles. The maximum absolute atomic E-state index is 11.6. The smallest absolute Gasteiger partial charge is 0.234 e. The molecule has 1 unspecified atom stereocenters. The van der Waals surface area contributed by atoms with Crippen LogP contribution in [0.4, 0.5) is 11.6 Å². The number of hydrogen-bond donors (Lipinski definition) is 1. The number of hydrogen-bond acceptors (Lipinski definition) is 8. The Morgan fingerprint density at radius 2 is 2.24 bits per heavy atom. The van der Waals surface area contributed by atoms with E-state index in [9.17, 15) is 13.6 Å². The van der Waals surface area contributed by atoms with Crippen LogP contribution in [0.15, 0.2) is 36.8 Å². The summed E-state index contributed by atoms with van der Waals surface area (Å²) < 4.78 is 30.6. The first-order valence-electron chi connectivity index (χ1n) is 11.4. The normalized spacial score (nSPS) is 16.8. The summed E-state index contributed by atoms with van der Waals surface area (Å²) >= 11 is 0. The summed E-state index contributed by atoms with van der Waals surface area (Å²) in [6, 6.07) is 5.65. The van der Waals surface area contributed by atoms with Crippen LogP contribution in [0, 0.1) is 5.21 Å². The Balaban J connectivity index is 1.58. The Bertz CT molecular complexity index is 1240. The Morgan fingerprint density at radius 1 is 1.38 bits per heavy atom. The molecule has 1 aliphatic rings. The van der Waals surface area contributed by atoms with Crippen molar-refractivity contribution in [1.82, 2.24) is 14.6 Å². The second kappa shape index (κ2) is 10.7. The lowest BCUT2D eigenvalue weighted by Crippen LogP contribution is -2.43. The van der Waals surface area contributed by atoms with Gasteiger partial charge in [0.2, 0.25) is 9.05 Å². The minimum absolute atomic E-state index is 0.0643. The number of anilines is 2. The van der Waals surface area contributed by atoms with Gasteiger partial charge in [0.25, 0.3) is 0 Å². The van der Waals surface area contributed by atoms with Gasteiger partial charge in [0.05, 0.1) is 31.2 Å². The SMILES string of the molecule is CCc1cnn2c(NCc3ccc[n+]([O-])c3)cc(N3CCCCC3COCCS(=O)(=O)Cl)nc12. The van der Waals surface area contributed by atoms with E-state index in [1.807, 2.05) is 18.3 Å². The van der Waals surface area contributed by atoms with Gasteiger partial charge >= 0.3 is 0 Å². The van der Waals surface area contributed by atoms with Crippen molar-refractivity contribution in [2.75, 3.05) is 35.7 Å². The molecule has 34 heavy (non-hydrogen) atoms. The number of aromatic nitrogens is 4. The summed E-state index contributed by atoms with van der Waals surface area (Å²) in [5.74, 6) is 1.38. The second-order valence-corrected chi connectivity index (χ2v) is 11.2. The highest BCUT2D eigenvalue weighted by Gasteiger charge is 2.25. The van der Waals surface area contributed by atoms with E-state index in [0.29, 0.717) is 13.2 Å². The fourth-order valence-corrected chi connectivity index (χ4v) is 4.68. The number of rotatable bonds is 10. The quantitative estimate of drug-likeness (QED) is 0.192. The van der Waals surface area contributed by atoms with Crippen molar-refractivity contribution in [3.05, 3.63) is 53.1 Å². The number of fused-ring (bicyclic) bond motifs is 1. The number of nitrogens with zero attached hydrogens (tertiary/aromatic N) is 5. The molecular formula is C22H29ClN6O4S. The van der Waals surface area contributed by atoms with Gasteiger partial charge in [-0.05, 0) is 31.7 Å². The van der Waals surface area contributed by atoms with Crippen molar-refractivity contribution in [2.45, 2.75) is 45.2 Å². The molecule has 3 aromatic heterocycles. The Kier molecular flexibility index (Phi) is 7.74. The van der Waals surface area contributed by atoms with Crippen LogP contribution in [0.3, 0.4) is 0 Å². The van der Waals surface area contributed by atoms with Gasteiger partial charge in [-0.25, -0.2) is 13.4 Å². The van der Waals surface area contributed by atoms with Gasteiger partial charge in [0, 0.05) is 47.0 Å². The van der Waals surface area contributed by atoms with E-state index in [0.717, 1.165) is 65.4 Å². The molecule has 0 aromatic carbocycles. The van der Waals surface area contributed by atoms with Crippen molar-refractivity contribution >= 4 is 37.0 Å². The van der Waals surface area contributed by atoms with Crippen LogP contribution in [-0.4, -0.2) is 54.6 Å². The molecule has 4 heterocycles. The first-order valence-corrected chi connectivity index (χ1v) is 13.9. The number of ether oxygens (including phenoxy) is 1. The zero-order valence-electron chi connectivity index (χ0n) is 19.1. The third kappa shape index (κ3) is 6.08. The van der Waals surface area contributed by atoms with Gasteiger partial charge in [0.1, 0.15) is 11.6 Å². The average molecular weight is 509 g/mol. The van der Waals surface area contributed by atoms with Gasteiger partial charge in [-0.3, -0.25) is 0 Å². The van der Waals surface area contributed by atoms with Crippen LogP contribution in [-0.2, 0) is 26.8 Å². The van der Waals surface area contributed by atoms with E-state index in [2.05, 4.69) is 22.2 Å². The molecule has 1 fully saturated rings. The molecule has 184 valence electrons. The monoisotopic (exact) mass is 508 g/mol. The standard InChI is InChI=1S/C22H29ClN6O4S/c1-2-18-14-25-29-20(24-13-17-6-5-8-27(30)15-17)12-21(26-22(18)29)28-9-4-3-7-19(28)16-33-10-11-34(23,31)32/h5-6,8,12,14-15,19,24H,2-4,7,9-11,13,16H2,1H3. The van der Waals surface area contributed by atoms with Crippen LogP contribution >= 0.6 is 10.7 Å². The minimum Gasteiger partial charge on any atom is -0.619 e. The summed E-state index contributed by atoms with van der Waals surface area (Å²) in [4.78, 5) is 7.16. The van der Waals surface area contributed by atoms with Crippen LogP contribution in [0.5, 0.6) is 0 Å². The van der Waals surface area contributed by atoms with Gasteiger partial charge in [-0.1, -0.05) is 6.92 Å². The maximum Gasteiger partial charge on any atom is 0.234 e. The highest BCUT2D eigenvalue weighted by atomic mass is 35.7. The predicted octanol–water partition coefficient (Wildman–Crippen LogP) is 2.48. The third-order valence-corrected chi connectivity index (χ3v) is 7.04. The van der Waals surface area contributed by atoms with Gasteiger partial charge in [-0.2, -0.15) is 14.3 Å². The predicted molar refractivity (Wildman–Crippen MR) is 131 cm³/mol. The van der Waals surface area contributed by atoms with Crippen LogP contribution in [0.2, 0.25) is 0 Å². The molecule has 0 radical (unpaired) electrons. The highest BCUT2D eigenvalue weighted by Crippen LogP contribution is 2.28. The molecule has 0 saturated carbocycles. The number of nitrogens with one attached hydrogen (secondary N) is 1. The lowest BCUT2D eigenvalue weighted by Gasteiger charge is -2.36. The summed E-state index contributed by atoms with van der Waals surface area (Å²) in [6.45, 7) is 3.82. The van der Waals surface area contributed by atoms with Crippen LogP contribution < -0.4 is 14.9 Å². The Hall–Kier alpha value is -2.63. The average Bonchev–Trinajstić information content (AvgIpc) is 3.23. The largest absolute Gasteiger partial charge is 0.619 e. The summed E-state index contributed by atoms with van der Waals surface area (Å²) in [5, 5.41) is 19.5. The lowest BCUT2D eigenvalue weighted by atomic mass is 10.0. The van der Waals surface area contributed by atoms with E-state index in [4.69, 9.17) is 20.4 Å². The van der Waals surface area contributed by atoms with E-state index in [1.165, 1.54) is 12.4 Å². The zero-order chi connectivity index (χ0) is 24.1. The maximum atomic E-state index is 11.6. The summed E-state index contributed by atoms with van der Waals surface area (Å²) in [5.41, 5.74) is 2.68. The molecule has 4 rings (SSSR count).